The highest BCUT2D eigenvalue weighted by molar-refractivity contribution is 9.11. The molecule has 0 fully saturated rings. The Hall–Kier alpha value is -1.59. The molecule has 5 heteroatoms. The first kappa shape index (κ1) is 16.3. The van der Waals surface area contributed by atoms with Crippen molar-refractivity contribution in [3.8, 4) is 5.75 Å². The molecule has 0 unspecified atom stereocenters. The van der Waals surface area contributed by atoms with E-state index in [0.717, 1.165) is 27.7 Å². The van der Waals surface area contributed by atoms with Gasteiger partial charge in [-0.2, -0.15) is 0 Å². The van der Waals surface area contributed by atoms with Gasteiger partial charge in [0.2, 0.25) is 0 Å². The zero-order valence-electron chi connectivity index (χ0n) is 12.6. The molecule has 2 aromatic carbocycles. The number of phenols is 1. The van der Waals surface area contributed by atoms with Crippen LogP contribution in [0.15, 0.2) is 51.4 Å². The van der Waals surface area contributed by atoms with Crippen LogP contribution in [0, 0.1) is 0 Å². The Balaban J connectivity index is 1.84. The molecule has 0 bridgehead atoms. The lowest BCUT2D eigenvalue weighted by Gasteiger charge is -2.10. The summed E-state index contributed by atoms with van der Waals surface area (Å²) >= 11 is 6.84. The van der Waals surface area contributed by atoms with Crippen LogP contribution in [0.1, 0.15) is 18.2 Å². The largest absolute Gasteiger partial charge is 0.505 e. The van der Waals surface area contributed by atoms with E-state index in [1.54, 1.807) is 0 Å². The average molecular weight is 436 g/mol. The molecule has 118 valence electrons. The van der Waals surface area contributed by atoms with E-state index in [0.29, 0.717) is 16.5 Å². The number of nitrogens with one attached hydrogen (secondary N) is 1. The minimum atomic E-state index is 0.164. The Bertz CT molecular complexity index is 848. The molecule has 0 aliphatic carbocycles. The van der Waals surface area contributed by atoms with Gasteiger partial charge < -0.3 is 10.4 Å². The lowest BCUT2D eigenvalue weighted by Crippen LogP contribution is -2.02. The summed E-state index contributed by atoms with van der Waals surface area (Å²) in [6.07, 6.45) is 1.04. The van der Waals surface area contributed by atoms with Gasteiger partial charge in [0.15, 0.2) is 5.75 Å². The summed E-state index contributed by atoms with van der Waals surface area (Å²) < 4.78 is 1.53. The molecular weight excluding hydrogens is 420 g/mol. The first-order valence-electron chi connectivity index (χ1n) is 7.38. The highest BCUT2D eigenvalue weighted by Gasteiger charge is 2.10. The van der Waals surface area contributed by atoms with Crippen LogP contribution in [0.5, 0.6) is 5.75 Å². The van der Waals surface area contributed by atoms with Crippen molar-refractivity contribution in [3.05, 3.63) is 62.7 Å². The third-order valence-electron chi connectivity index (χ3n) is 3.75. The number of pyridine rings is 1. The number of halogens is 2. The van der Waals surface area contributed by atoms with Gasteiger partial charge in [0.25, 0.3) is 0 Å². The van der Waals surface area contributed by atoms with Crippen molar-refractivity contribution >= 4 is 48.5 Å². The van der Waals surface area contributed by atoms with Crippen LogP contribution in [0.3, 0.4) is 0 Å². The maximum absolute atomic E-state index is 10.2. The molecule has 3 nitrogen and oxygen atoms in total. The molecule has 0 aliphatic heterocycles. The van der Waals surface area contributed by atoms with Crippen LogP contribution in [0.2, 0.25) is 0 Å². The van der Waals surface area contributed by atoms with Crippen LogP contribution in [-0.2, 0) is 13.0 Å². The van der Waals surface area contributed by atoms with E-state index < -0.39 is 0 Å². The molecule has 0 amide bonds. The summed E-state index contributed by atoms with van der Waals surface area (Å²) in [6.45, 7) is 2.75. The van der Waals surface area contributed by atoms with E-state index in [4.69, 9.17) is 0 Å². The zero-order chi connectivity index (χ0) is 16.4. The number of nitrogens with zero attached hydrogens (tertiary/aromatic N) is 1. The van der Waals surface area contributed by atoms with Gasteiger partial charge in [-0.15, -0.1) is 0 Å². The first-order valence-corrected chi connectivity index (χ1v) is 8.96. The van der Waals surface area contributed by atoms with Crippen LogP contribution in [0.4, 0.5) is 5.69 Å². The summed E-state index contributed by atoms with van der Waals surface area (Å²) in [5.41, 5.74) is 3.84. The number of aromatic hydroxyl groups is 1. The number of rotatable bonds is 4. The molecule has 0 saturated carbocycles. The number of anilines is 1. The summed E-state index contributed by atoms with van der Waals surface area (Å²) in [5, 5.41) is 14.4. The lowest BCUT2D eigenvalue weighted by atomic mass is 10.1. The van der Waals surface area contributed by atoms with E-state index in [-0.39, 0.29) is 5.75 Å². The Morgan fingerprint density at radius 3 is 2.48 bits per heavy atom. The minimum absolute atomic E-state index is 0.164. The van der Waals surface area contributed by atoms with Gasteiger partial charge in [-0.3, -0.25) is 0 Å². The van der Waals surface area contributed by atoms with Crippen molar-refractivity contribution < 1.29 is 5.11 Å². The fourth-order valence-corrected chi connectivity index (χ4v) is 3.67. The molecule has 0 aliphatic rings. The van der Waals surface area contributed by atoms with Gasteiger partial charge in [-0.25, -0.2) is 4.98 Å². The van der Waals surface area contributed by atoms with Gasteiger partial charge in [0, 0.05) is 15.5 Å². The predicted molar refractivity (Wildman–Crippen MR) is 102 cm³/mol. The van der Waals surface area contributed by atoms with Crippen molar-refractivity contribution in [1.82, 2.24) is 4.98 Å². The quantitative estimate of drug-likeness (QED) is 0.557. The van der Waals surface area contributed by atoms with Gasteiger partial charge in [-0.05, 0) is 58.2 Å². The summed E-state index contributed by atoms with van der Waals surface area (Å²) in [4.78, 5) is 4.57. The fraction of sp³-hybridized carbons (Fsp3) is 0.167. The topological polar surface area (TPSA) is 45.1 Å². The summed E-state index contributed by atoms with van der Waals surface area (Å²) in [6, 6.07) is 14.2. The number of benzene rings is 2. The standard InChI is InChI=1S/C18H16Br2N2O/c1-2-11-3-5-12(6-4-11)21-10-13-7-8-14-15(19)9-16(20)18(23)17(14)22-13/h3-9,21,23H,2,10H2,1H3. The molecular formula is C18H16Br2N2O. The maximum atomic E-state index is 10.2. The molecule has 3 aromatic rings. The molecule has 1 aromatic heterocycles. The second-order valence-electron chi connectivity index (χ2n) is 5.29. The van der Waals surface area contributed by atoms with Crippen LogP contribution in [0.25, 0.3) is 10.9 Å². The average Bonchev–Trinajstić information content (AvgIpc) is 2.58. The summed E-state index contributed by atoms with van der Waals surface area (Å²) in [5.74, 6) is 0.164. The normalized spacial score (nSPS) is 10.9. The number of aromatic nitrogens is 1. The van der Waals surface area contributed by atoms with Crippen molar-refractivity contribution in [3.63, 3.8) is 0 Å². The SMILES string of the molecule is CCc1ccc(NCc2ccc3c(Br)cc(Br)c(O)c3n2)cc1. The number of hydrogen-bond acceptors (Lipinski definition) is 3. The molecule has 1 heterocycles. The summed E-state index contributed by atoms with van der Waals surface area (Å²) in [7, 11) is 0. The number of phenolic OH excluding ortho intramolecular Hbond substituents is 1. The van der Waals surface area contributed by atoms with E-state index >= 15 is 0 Å². The molecule has 0 saturated heterocycles. The van der Waals surface area contributed by atoms with E-state index in [2.05, 4.69) is 73.3 Å². The second-order valence-corrected chi connectivity index (χ2v) is 7.00. The Morgan fingerprint density at radius 1 is 1.04 bits per heavy atom. The van der Waals surface area contributed by atoms with Gasteiger partial charge in [0.05, 0.1) is 16.7 Å². The number of fused-ring (bicyclic) bond motifs is 1. The molecule has 0 spiro atoms. The van der Waals surface area contributed by atoms with Crippen molar-refractivity contribution in [2.24, 2.45) is 0 Å². The Morgan fingerprint density at radius 2 is 1.78 bits per heavy atom. The maximum Gasteiger partial charge on any atom is 0.156 e. The monoisotopic (exact) mass is 434 g/mol. The van der Waals surface area contributed by atoms with Crippen molar-refractivity contribution in [2.75, 3.05) is 5.32 Å². The fourth-order valence-electron chi connectivity index (χ4n) is 2.39. The molecule has 2 N–H and O–H groups in total. The third kappa shape index (κ3) is 3.51. The van der Waals surface area contributed by atoms with E-state index in [1.807, 2.05) is 18.2 Å². The number of hydrogen-bond donors (Lipinski definition) is 2. The van der Waals surface area contributed by atoms with E-state index in [1.165, 1.54) is 5.56 Å². The molecule has 23 heavy (non-hydrogen) atoms. The smallest absolute Gasteiger partial charge is 0.156 e. The highest BCUT2D eigenvalue weighted by Crippen LogP contribution is 2.36. The minimum Gasteiger partial charge on any atom is -0.505 e. The first-order chi connectivity index (χ1) is 11.1. The second kappa shape index (κ2) is 6.89. The van der Waals surface area contributed by atoms with Crippen LogP contribution >= 0.6 is 31.9 Å². The van der Waals surface area contributed by atoms with Crippen LogP contribution < -0.4 is 5.32 Å². The molecule has 0 radical (unpaired) electrons. The van der Waals surface area contributed by atoms with Gasteiger partial charge >= 0.3 is 0 Å². The van der Waals surface area contributed by atoms with Gasteiger partial charge in [-0.1, -0.05) is 35.0 Å². The third-order valence-corrected chi connectivity index (χ3v) is 5.01. The Labute approximate surface area is 152 Å². The lowest BCUT2D eigenvalue weighted by molar-refractivity contribution is 0.477. The highest BCUT2D eigenvalue weighted by atomic mass is 79.9. The van der Waals surface area contributed by atoms with Crippen molar-refractivity contribution in [2.45, 2.75) is 19.9 Å². The van der Waals surface area contributed by atoms with Crippen molar-refractivity contribution in [1.29, 1.82) is 0 Å². The van der Waals surface area contributed by atoms with E-state index in [9.17, 15) is 5.11 Å². The molecule has 3 rings (SSSR count). The van der Waals surface area contributed by atoms with Crippen LogP contribution in [-0.4, -0.2) is 10.1 Å². The molecule has 0 atom stereocenters. The Kier molecular flexibility index (Phi) is 4.87. The number of aryl methyl sites for hydroxylation is 1. The predicted octanol–water partition coefficient (Wildman–Crippen LogP) is 5.64. The zero-order valence-corrected chi connectivity index (χ0v) is 15.8. The van der Waals surface area contributed by atoms with Gasteiger partial charge in [0.1, 0.15) is 5.52 Å².